The van der Waals surface area contributed by atoms with Gasteiger partial charge in [0.05, 0.1) is 23.0 Å². The van der Waals surface area contributed by atoms with Crippen LogP contribution in [0.2, 0.25) is 5.02 Å². The second-order valence-corrected chi connectivity index (χ2v) is 8.05. The number of fused-ring (bicyclic) bond motifs is 4. The Morgan fingerprint density at radius 2 is 1.84 bits per heavy atom. The largest absolute Gasteiger partial charge is 0.382 e. The van der Waals surface area contributed by atoms with Crippen molar-refractivity contribution in [3.8, 4) is 5.69 Å². The van der Waals surface area contributed by atoms with Gasteiger partial charge < -0.3 is 4.74 Å². The number of rotatable bonds is 6. The molecule has 3 heterocycles. The van der Waals surface area contributed by atoms with Gasteiger partial charge in [0.1, 0.15) is 10.9 Å². The van der Waals surface area contributed by atoms with Crippen molar-refractivity contribution in [2.24, 2.45) is 0 Å². The van der Waals surface area contributed by atoms with Crippen molar-refractivity contribution in [2.75, 3.05) is 13.2 Å². The van der Waals surface area contributed by atoms with E-state index in [0.29, 0.717) is 47.0 Å². The normalized spacial score (nSPS) is 11.7. The van der Waals surface area contributed by atoms with E-state index in [4.69, 9.17) is 26.3 Å². The summed E-state index contributed by atoms with van der Waals surface area (Å²) < 4.78 is 8.89. The first-order chi connectivity index (χ1) is 15.6. The van der Waals surface area contributed by atoms with E-state index >= 15 is 0 Å². The van der Waals surface area contributed by atoms with E-state index in [2.05, 4.69) is 4.98 Å². The van der Waals surface area contributed by atoms with Gasteiger partial charge in [0.15, 0.2) is 11.3 Å². The van der Waals surface area contributed by atoms with E-state index in [1.807, 2.05) is 60.9 Å². The van der Waals surface area contributed by atoms with Crippen LogP contribution in [0.25, 0.3) is 38.9 Å². The molecule has 0 N–H and O–H groups in total. The van der Waals surface area contributed by atoms with E-state index in [0.717, 1.165) is 28.7 Å². The average Bonchev–Trinajstić information content (AvgIpc) is 3.12. The number of halogens is 1. The van der Waals surface area contributed by atoms with Crippen LogP contribution in [0.4, 0.5) is 0 Å². The fourth-order valence-electron chi connectivity index (χ4n) is 3.88. The summed E-state index contributed by atoms with van der Waals surface area (Å²) in [6.07, 6.45) is 2.31. The SMILES string of the molecule is CCOCCCn1cnc2c(c1=O)c1nc3ccccc3nc1n2-c1ccc(C)c(Cl)c1. The first-order valence-corrected chi connectivity index (χ1v) is 11.0. The van der Waals surface area contributed by atoms with Crippen LogP contribution in [0, 0.1) is 6.92 Å². The average molecular weight is 448 g/mol. The second kappa shape index (κ2) is 8.33. The van der Waals surface area contributed by atoms with E-state index < -0.39 is 0 Å². The van der Waals surface area contributed by atoms with Crippen molar-refractivity contribution >= 4 is 44.8 Å². The van der Waals surface area contributed by atoms with Crippen LogP contribution in [-0.2, 0) is 11.3 Å². The van der Waals surface area contributed by atoms with Crippen molar-refractivity contribution in [3.63, 3.8) is 0 Å². The number of para-hydroxylation sites is 2. The molecular weight excluding hydrogens is 426 g/mol. The third kappa shape index (κ3) is 3.43. The topological polar surface area (TPSA) is 74.8 Å². The zero-order chi connectivity index (χ0) is 22.2. The Bertz CT molecular complexity index is 1520. The van der Waals surface area contributed by atoms with E-state index in [1.54, 1.807) is 10.9 Å². The first kappa shape index (κ1) is 20.6. The minimum absolute atomic E-state index is 0.141. The molecule has 0 bridgehead atoms. The van der Waals surface area contributed by atoms with Gasteiger partial charge in [-0.05, 0) is 50.1 Å². The molecule has 5 rings (SSSR count). The minimum Gasteiger partial charge on any atom is -0.382 e. The molecule has 0 spiro atoms. The summed E-state index contributed by atoms with van der Waals surface area (Å²) in [5.41, 5.74) is 4.72. The molecule has 0 amide bonds. The van der Waals surface area contributed by atoms with Gasteiger partial charge in [0.25, 0.3) is 5.56 Å². The van der Waals surface area contributed by atoms with Gasteiger partial charge in [-0.25, -0.2) is 15.0 Å². The fourth-order valence-corrected chi connectivity index (χ4v) is 4.05. The zero-order valence-electron chi connectivity index (χ0n) is 17.9. The molecule has 162 valence electrons. The van der Waals surface area contributed by atoms with Gasteiger partial charge in [-0.3, -0.25) is 13.9 Å². The van der Waals surface area contributed by atoms with E-state index in [9.17, 15) is 4.79 Å². The Labute approximate surface area is 189 Å². The highest BCUT2D eigenvalue weighted by Gasteiger charge is 2.21. The standard InChI is InChI=1S/C24H22ClN5O2/c1-3-32-12-6-11-29-14-26-22-20(24(29)31)21-23(28-19-8-5-4-7-18(19)27-21)30(22)16-10-9-15(2)17(25)13-16/h4-5,7-10,13-14H,3,6,11-12H2,1-2H3. The molecule has 3 aromatic heterocycles. The summed E-state index contributed by atoms with van der Waals surface area (Å²) in [6, 6.07) is 13.4. The van der Waals surface area contributed by atoms with Crippen LogP contribution in [0.5, 0.6) is 0 Å². The fraction of sp³-hybridized carbons (Fsp3) is 0.250. The summed E-state index contributed by atoms with van der Waals surface area (Å²) in [6.45, 7) is 5.67. The Balaban J connectivity index is 1.80. The first-order valence-electron chi connectivity index (χ1n) is 10.6. The molecule has 0 aliphatic carbocycles. The third-order valence-corrected chi connectivity index (χ3v) is 5.94. The van der Waals surface area contributed by atoms with Crippen LogP contribution < -0.4 is 5.56 Å². The van der Waals surface area contributed by atoms with Crippen molar-refractivity contribution in [1.82, 2.24) is 24.1 Å². The Morgan fingerprint density at radius 3 is 2.59 bits per heavy atom. The number of hydrogen-bond acceptors (Lipinski definition) is 5. The number of ether oxygens (including phenoxy) is 1. The highest BCUT2D eigenvalue weighted by atomic mass is 35.5. The molecule has 0 radical (unpaired) electrons. The van der Waals surface area contributed by atoms with Crippen molar-refractivity contribution in [2.45, 2.75) is 26.8 Å². The molecule has 5 aromatic rings. The maximum atomic E-state index is 13.5. The maximum absolute atomic E-state index is 13.5. The smallest absolute Gasteiger partial charge is 0.265 e. The predicted molar refractivity (Wildman–Crippen MR) is 127 cm³/mol. The molecular formula is C24H22ClN5O2. The number of nitrogens with zero attached hydrogens (tertiary/aromatic N) is 5. The summed E-state index contributed by atoms with van der Waals surface area (Å²) >= 11 is 6.42. The quantitative estimate of drug-likeness (QED) is 0.353. The predicted octanol–water partition coefficient (Wildman–Crippen LogP) is 4.67. The number of hydrogen-bond donors (Lipinski definition) is 0. The lowest BCUT2D eigenvalue weighted by Gasteiger charge is -2.09. The Kier molecular flexibility index (Phi) is 5.36. The van der Waals surface area contributed by atoms with Crippen LogP contribution in [0.1, 0.15) is 18.9 Å². The second-order valence-electron chi connectivity index (χ2n) is 7.65. The molecule has 32 heavy (non-hydrogen) atoms. The van der Waals surface area contributed by atoms with Gasteiger partial charge in [0, 0.05) is 24.8 Å². The molecule has 8 heteroatoms. The Hall–Kier alpha value is -3.29. The van der Waals surface area contributed by atoms with Gasteiger partial charge >= 0.3 is 0 Å². The maximum Gasteiger partial charge on any atom is 0.265 e. The summed E-state index contributed by atoms with van der Waals surface area (Å²) in [4.78, 5) is 27.8. The van der Waals surface area contributed by atoms with Crippen molar-refractivity contribution in [1.29, 1.82) is 0 Å². The van der Waals surface area contributed by atoms with Gasteiger partial charge in [-0.15, -0.1) is 0 Å². The lowest BCUT2D eigenvalue weighted by Crippen LogP contribution is -2.21. The van der Waals surface area contributed by atoms with Gasteiger partial charge in [-0.1, -0.05) is 29.8 Å². The third-order valence-electron chi connectivity index (χ3n) is 5.54. The monoisotopic (exact) mass is 447 g/mol. The van der Waals surface area contributed by atoms with Crippen LogP contribution in [0.15, 0.2) is 53.6 Å². The van der Waals surface area contributed by atoms with E-state index in [1.165, 1.54) is 0 Å². The molecule has 0 atom stereocenters. The van der Waals surface area contributed by atoms with Crippen LogP contribution in [-0.4, -0.2) is 37.3 Å². The summed E-state index contributed by atoms with van der Waals surface area (Å²) in [5, 5.41) is 1.09. The summed E-state index contributed by atoms with van der Waals surface area (Å²) in [7, 11) is 0. The molecule has 0 fully saturated rings. The van der Waals surface area contributed by atoms with Crippen molar-refractivity contribution in [3.05, 3.63) is 69.7 Å². The molecule has 0 saturated carbocycles. The van der Waals surface area contributed by atoms with Crippen molar-refractivity contribution < 1.29 is 4.74 Å². The van der Waals surface area contributed by atoms with Crippen LogP contribution >= 0.6 is 11.6 Å². The highest BCUT2D eigenvalue weighted by Crippen LogP contribution is 2.30. The molecule has 0 saturated heterocycles. The zero-order valence-corrected chi connectivity index (χ0v) is 18.6. The Morgan fingerprint density at radius 1 is 1.06 bits per heavy atom. The molecule has 0 aliphatic heterocycles. The van der Waals surface area contributed by atoms with E-state index in [-0.39, 0.29) is 5.56 Å². The van der Waals surface area contributed by atoms with Crippen LogP contribution in [0.3, 0.4) is 0 Å². The minimum atomic E-state index is -0.141. The number of aryl methyl sites for hydroxylation is 2. The van der Waals surface area contributed by atoms with Gasteiger partial charge in [-0.2, -0.15) is 0 Å². The number of benzene rings is 2. The summed E-state index contributed by atoms with van der Waals surface area (Å²) in [5.74, 6) is 0. The van der Waals surface area contributed by atoms with Gasteiger partial charge in [0.2, 0.25) is 0 Å². The molecule has 0 unspecified atom stereocenters. The molecule has 7 nitrogen and oxygen atoms in total. The molecule has 0 aliphatic rings. The highest BCUT2D eigenvalue weighted by molar-refractivity contribution is 6.31. The molecule has 2 aromatic carbocycles. The lowest BCUT2D eigenvalue weighted by atomic mass is 10.2. The lowest BCUT2D eigenvalue weighted by molar-refractivity contribution is 0.141. The number of aromatic nitrogens is 5.